The Morgan fingerprint density at radius 3 is 1.93 bits per heavy atom. The molecule has 0 saturated heterocycles. The summed E-state index contributed by atoms with van der Waals surface area (Å²) in [5.41, 5.74) is 3.36. The van der Waals surface area contributed by atoms with Gasteiger partial charge in [-0.15, -0.1) is 0 Å². The lowest BCUT2D eigenvalue weighted by Crippen LogP contribution is -2.21. The summed E-state index contributed by atoms with van der Waals surface area (Å²) < 4.78 is 76.6. The van der Waals surface area contributed by atoms with Crippen molar-refractivity contribution in [2.24, 2.45) is 0 Å². The van der Waals surface area contributed by atoms with E-state index in [9.17, 15) is 22.0 Å². The van der Waals surface area contributed by atoms with Gasteiger partial charge in [0.25, 0.3) is 0 Å². The molecule has 4 aromatic carbocycles. The van der Waals surface area contributed by atoms with E-state index in [0.717, 1.165) is 80.2 Å². The number of aryl methyl sites for hydroxylation is 1. The molecule has 5 rings (SSSR count). The topological polar surface area (TPSA) is 9.23 Å². The molecule has 0 unspecified atom stereocenters. The van der Waals surface area contributed by atoms with E-state index in [1.165, 1.54) is 24.3 Å². The van der Waals surface area contributed by atoms with E-state index < -0.39 is 23.6 Å². The van der Waals surface area contributed by atoms with Crippen molar-refractivity contribution < 1.29 is 26.7 Å². The highest BCUT2D eigenvalue weighted by atomic mass is 19.3. The first-order valence-electron chi connectivity index (χ1n) is 14.7. The Morgan fingerprint density at radius 1 is 0.667 bits per heavy atom. The second kappa shape index (κ2) is 13.1. The molecule has 1 aliphatic carbocycles. The summed E-state index contributed by atoms with van der Waals surface area (Å²) in [7, 11) is 0. The van der Waals surface area contributed by atoms with Crippen molar-refractivity contribution in [3.8, 4) is 16.9 Å². The third kappa shape index (κ3) is 7.03. The van der Waals surface area contributed by atoms with Crippen molar-refractivity contribution in [2.45, 2.75) is 76.2 Å². The fourth-order valence-corrected chi connectivity index (χ4v) is 5.90. The van der Waals surface area contributed by atoms with E-state index in [2.05, 4.69) is 6.92 Å². The van der Waals surface area contributed by atoms with Crippen molar-refractivity contribution in [1.82, 2.24) is 0 Å². The normalized spacial score (nSPS) is 17.3. The number of halogens is 5. The van der Waals surface area contributed by atoms with Crippen molar-refractivity contribution in [1.29, 1.82) is 0 Å². The third-order valence-electron chi connectivity index (χ3n) is 8.38. The quantitative estimate of drug-likeness (QED) is 0.134. The molecule has 1 fully saturated rings. The van der Waals surface area contributed by atoms with Crippen molar-refractivity contribution in [2.75, 3.05) is 0 Å². The molecule has 0 heterocycles. The molecule has 0 amide bonds. The summed E-state index contributed by atoms with van der Waals surface area (Å²) in [6, 6.07) is 21.6. The van der Waals surface area contributed by atoms with Gasteiger partial charge in [-0.05, 0) is 115 Å². The number of hydrogen-bond donors (Lipinski definition) is 0. The minimum Gasteiger partial charge on any atom is -0.429 e. The summed E-state index contributed by atoms with van der Waals surface area (Å²) in [5, 5.41) is 0. The Balaban J connectivity index is 1.16. The van der Waals surface area contributed by atoms with Crippen molar-refractivity contribution in [3.05, 3.63) is 125 Å². The van der Waals surface area contributed by atoms with E-state index >= 15 is 0 Å². The fourth-order valence-electron chi connectivity index (χ4n) is 5.90. The Morgan fingerprint density at radius 2 is 1.31 bits per heavy atom. The highest BCUT2D eigenvalue weighted by molar-refractivity contribution is 5.64. The number of unbranched alkanes of at least 4 members (excludes halogenated alkanes) is 2. The molecule has 0 radical (unpaired) electrons. The maximum Gasteiger partial charge on any atom is 0.426 e. The first-order valence-corrected chi connectivity index (χ1v) is 14.7. The summed E-state index contributed by atoms with van der Waals surface area (Å²) >= 11 is 0. The van der Waals surface area contributed by atoms with Gasteiger partial charge >= 0.3 is 6.11 Å². The SMILES string of the molecule is CCCCCc1ccc(C(F)(F)Oc2ccc(C3CCC(c4ccc(-c5ccc(F)c(F)c5)c(F)c4)CC3)cc2)cc1. The van der Waals surface area contributed by atoms with Crippen LogP contribution >= 0.6 is 0 Å². The van der Waals surface area contributed by atoms with Gasteiger partial charge in [-0.2, -0.15) is 8.78 Å². The van der Waals surface area contributed by atoms with Crippen LogP contribution in [-0.4, -0.2) is 0 Å². The van der Waals surface area contributed by atoms with Crippen LogP contribution in [0.15, 0.2) is 84.9 Å². The van der Waals surface area contributed by atoms with E-state index in [0.29, 0.717) is 5.56 Å². The van der Waals surface area contributed by atoms with Crippen LogP contribution < -0.4 is 4.74 Å². The number of benzene rings is 4. The molecule has 1 aliphatic rings. The number of ether oxygens (including phenoxy) is 1. The predicted octanol–water partition coefficient (Wildman–Crippen LogP) is 11.1. The van der Waals surface area contributed by atoms with Gasteiger partial charge in [0.05, 0.1) is 5.56 Å². The van der Waals surface area contributed by atoms with Crippen LogP contribution in [0.25, 0.3) is 11.1 Å². The molecule has 4 aromatic rings. The van der Waals surface area contributed by atoms with Crippen LogP contribution in [0.4, 0.5) is 22.0 Å². The third-order valence-corrected chi connectivity index (χ3v) is 8.38. The first-order chi connectivity index (χ1) is 20.2. The molecule has 1 saturated carbocycles. The van der Waals surface area contributed by atoms with Gasteiger partial charge < -0.3 is 4.74 Å². The van der Waals surface area contributed by atoms with Crippen molar-refractivity contribution >= 4 is 0 Å². The van der Waals surface area contributed by atoms with Gasteiger partial charge in [0.15, 0.2) is 11.6 Å². The Bertz CT molecular complexity index is 1470. The number of hydrogen-bond acceptors (Lipinski definition) is 1. The zero-order chi connectivity index (χ0) is 29.7. The number of rotatable bonds is 10. The Labute approximate surface area is 244 Å². The van der Waals surface area contributed by atoms with Crippen molar-refractivity contribution in [3.63, 3.8) is 0 Å². The number of alkyl halides is 2. The second-order valence-electron chi connectivity index (χ2n) is 11.3. The van der Waals surface area contributed by atoms with Crippen LogP contribution in [0.1, 0.15) is 86.0 Å². The molecule has 0 aromatic heterocycles. The van der Waals surface area contributed by atoms with Gasteiger partial charge in [-0.25, -0.2) is 13.2 Å². The molecule has 0 N–H and O–H groups in total. The molecule has 42 heavy (non-hydrogen) atoms. The van der Waals surface area contributed by atoms with Gasteiger partial charge in [0.2, 0.25) is 0 Å². The lowest BCUT2D eigenvalue weighted by atomic mass is 9.76. The second-order valence-corrected chi connectivity index (χ2v) is 11.3. The molecule has 220 valence electrons. The highest BCUT2D eigenvalue weighted by Crippen LogP contribution is 2.42. The fraction of sp³-hybridized carbons (Fsp3) is 0.333. The van der Waals surface area contributed by atoms with Gasteiger partial charge in [-0.1, -0.05) is 62.2 Å². The highest BCUT2D eigenvalue weighted by Gasteiger charge is 2.34. The van der Waals surface area contributed by atoms with Crippen LogP contribution in [0.2, 0.25) is 0 Å². The van der Waals surface area contributed by atoms with E-state index in [4.69, 9.17) is 4.74 Å². The van der Waals surface area contributed by atoms with E-state index in [1.54, 1.807) is 30.3 Å². The Kier molecular flexibility index (Phi) is 9.30. The summed E-state index contributed by atoms with van der Waals surface area (Å²) in [4.78, 5) is 0. The van der Waals surface area contributed by atoms with Gasteiger partial charge in [0, 0.05) is 5.56 Å². The Hall–Kier alpha value is -3.67. The van der Waals surface area contributed by atoms with Crippen LogP contribution in [0, 0.1) is 17.5 Å². The average Bonchev–Trinajstić information content (AvgIpc) is 2.99. The zero-order valence-corrected chi connectivity index (χ0v) is 23.7. The smallest absolute Gasteiger partial charge is 0.426 e. The molecule has 1 nitrogen and oxygen atoms in total. The summed E-state index contributed by atoms with van der Waals surface area (Å²) in [6.07, 6.45) is 4.23. The molecular weight excluding hydrogens is 543 g/mol. The summed E-state index contributed by atoms with van der Waals surface area (Å²) in [6.45, 7) is 2.13. The molecule has 0 spiro atoms. The largest absolute Gasteiger partial charge is 0.429 e. The maximum atomic E-state index is 14.9. The van der Waals surface area contributed by atoms with Crippen LogP contribution in [0.3, 0.4) is 0 Å². The molecule has 0 atom stereocenters. The maximum absolute atomic E-state index is 14.9. The van der Waals surface area contributed by atoms with E-state index in [1.807, 2.05) is 18.2 Å². The molecule has 6 heteroatoms. The predicted molar refractivity (Wildman–Crippen MR) is 156 cm³/mol. The van der Waals surface area contributed by atoms with Gasteiger partial charge in [0.1, 0.15) is 11.6 Å². The zero-order valence-electron chi connectivity index (χ0n) is 23.7. The minimum atomic E-state index is -3.43. The van der Waals surface area contributed by atoms with Crippen LogP contribution in [0.5, 0.6) is 5.75 Å². The van der Waals surface area contributed by atoms with Gasteiger partial charge in [-0.3, -0.25) is 0 Å². The standard InChI is InChI=1S/C36H35F5O/c1-2-3-4-5-24-6-16-30(17-7-24)36(40,41)42-31-18-12-26(13-19-31)25-8-10-27(11-9-25)28-14-20-32(34(38)22-28)29-15-21-33(37)35(39)23-29/h6-7,12-23,25,27H,2-5,8-11H2,1H3. The monoisotopic (exact) mass is 578 g/mol. The van der Waals surface area contributed by atoms with Crippen LogP contribution in [-0.2, 0) is 12.5 Å². The lowest BCUT2D eigenvalue weighted by molar-refractivity contribution is -0.185. The molecular formula is C36H35F5O. The molecule has 0 bridgehead atoms. The first kappa shape index (κ1) is 29.8. The average molecular weight is 579 g/mol. The van der Waals surface area contributed by atoms with E-state index in [-0.39, 0.29) is 28.7 Å². The molecule has 0 aliphatic heterocycles. The minimum absolute atomic E-state index is 0.112. The lowest BCUT2D eigenvalue weighted by Gasteiger charge is -2.29. The summed E-state index contributed by atoms with van der Waals surface area (Å²) in [5.74, 6) is -1.86.